The summed E-state index contributed by atoms with van der Waals surface area (Å²) in [4.78, 5) is 20.2. The van der Waals surface area contributed by atoms with Gasteiger partial charge >= 0.3 is 0 Å². The van der Waals surface area contributed by atoms with E-state index in [0.29, 0.717) is 29.0 Å². The fraction of sp³-hybridized carbons (Fsp3) is 0.263. The fourth-order valence-corrected chi connectivity index (χ4v) is 4.91. The average molecular weight is 405 g/mol. The SMILES string of the molecule is O=C(CN1CCCC1c1cccs1)Nc1nc(-c2ccc(F)c(F)c2)cs1. The zero-order valence-electron chi connectivity index (χ0n) is 14.3. The number of rotatable bonds is 5. The number of nitrogens with one attached hydrogen (secondary N) is 1. The van der Waals surface area contributed by atoms with E-state index in [1.54, 1.807) is 16.7 Å². The van der Waals surface area contributed by atoms with Gasteiger partial charge in [-0.1, -0.05) is 6.07 Å². The number of nitrogens with zero attached hydrogens (tertiary/aromatic N) is 2. The third-order valence-electron chi connectivity index (χ3n) is 4.55. The van der Waals surface area contributed by atoms with Gasteiger partial charge in [-0.25, -0.2) is 13.8 Å². The Bertz CT molecular complexity index is 942. The predicted molar refractivity (Wildman–Crippen MR) is 104 cm³/mol. The summed E-state index contributed by atoms with van der Waals surface area (Å²) in [6.45, 7) is 1.20. The molecular formula is C19H17F2N3OS2. The lowest BCUT2D eigenvalue weighted by Gasteiger charge is -2.22. The number of benzene rings is 1. The molecule has 8 heteroatoms. The molecule has 4 nitrogen and oxygen atoms in total. The standard InChI is InChI=1S/C19H17F2N3OS2/c20-13-6-5-12(9-14(13)21)15-11-27-19(22-15)23-18(25)10-24-7-1-3-16(24)17-4-2-8-26-17/h2,4-6,8-9,11,16H,1,3,7,10H2,(H,22,23,25). The lowest BCUT2D eigenvalue weighted by molar-refractivity contribution is -0.117. The first-order chi connectivity index (χ1) is 13.1. The van der Waals surface area contributed by atoms with Crippen molar-refractivity contribution in [3.63, 3.8) is 0 Å². The highest BCUT2D eigenvalue weighted by Crippen LogP contribution is 2.34. The van der Waals surface area contributed by atoms with Gasteiger partial charge in [0.15, 0.2) is 16.8 Å². The Labute approximate surface area is 163 Å². The summed E-state index contributed by atoms with van der Waals surface area (Å²) in [5.41, 5.74) is 0.981. The van der Waals surface area contributed by atoms with Crippen molar-refractivity contribution < 1.29 is 13.6 Å². The molecule has 1 amide bonds. The van der Waals surface area contributed by atoms with Gasteiger partial charge in [0.1, 0.15) is 0 Å². The second kappa shape index (κ2) is 7.84. The van der Waals surface area contributed by atoms with Crippen LogP contribution in [-0.2, 0) is 4.79 Å². The van der Waals surface area contributed by atoms with Gasteiger partial charge in [0.25, 0.3) is 0 Å². The fourth-order valence-electron chi connectivity index (χ4n) is 3.28. The molecule has 1 atom stereocenters. The van der Waals surface area contributed by atoms with Gasteiger partial charge < -0.3 is 5.32 Å². The van der Waals surface area contributed by atoms with Gasteiger partial charge in [0.05, 0.1) is 12.2 Å². The Balaban J connectivity index is 1.40. The number of thiazole rings is 1. The number of hydrogen-bond acceptors (Lipinski definition) is 5. The number of halogens is 2. The van der Waals surface area contributed by atoms with E-state index in [4.69, 9.17) is 0 Å². The zero-order valence-corrected chi connectivity index (χ0v) is 16.0. The van der Waals surface area contributed by atoms with E-state index in [1.165, 1.54) is 22.3 Å². The van der Waals surface area contributed by atoms with Crippen LogP contribution in [0, 0.1) is 11.6 Å². The van der Waals surface area contributed by atoms with E-state index in [0.717, 1.165) is 31.5 Å². The van der Waals surface area contributed by atoms with Crippen LogP contribution in [0.25, 0.3) is 11.3 Å². The number of carbonyl (C=O) groups is 1. The molecule has 3 heterocycles. The predicted octanol–water partition coefficient (Wildman–Crippen LogP) is 4.93. The van der Waals surface area contributed by atoms with Gasteiger partial charge in [-0.05, 0) is 49.0 Å². The van der Waals surface area contributed by atoms with Crippen LogP contribution in [0.3, 0.4) is 0 Å². The van der Waals surface area contributed by atoms with E-state index in [9.17, 15) is 13.6 Å². The maximum atomic E-state index is 13.4. The molecule has 1 fully saturated rings. The van der Waals surface area contributed by atoms with Crippen LogP contribution in [-0.4, -0.2) is 28.9 Å². The molecule has 140 valence electrons. The van der Waals surface area contributed by atoms with Crippen molar-refractivity contribution in [2.24, 2.45) is 0 Å². The molecule has 3 aromatic rings. The minimum absolute atomic E-state index is 0.121. The van der Waals surface area contributed by atoms with Crippen LogP contribution in [0.1, 0.15) is 23.8 Å². The minimum atomic E-state index is -0.917. The molecule has 4 rings (SSSR count). The number of amides is 1. The first-order valence-corrected chi connectivity index (χ1v) is 10.3. The quantitative estimate of drug-likeness (QED) is 0.655. The number of hydrogen-bond donors (Lipinski definition) is 1. The van der Waals surface area contributed by atoms with Gasteiger partial charge in [-0.3, -0.25) is 9.69 Å². The molecule has 0 saturated carbocycles. The summed E-state index contributed by atoms with van der Waals surface area (Å²) in [7, 11) is 0. The maximum Gasteiger partial charge on any atom is 0.240 e. The molecule has 1 aromatic carbocycles. The van der Waals surface area contributed by atoms with E-state index in [1.807, 2.05) is 6.07 Å². The monoisotopic (exact) mass is 405 g/mol. The Kier molecular flexibility index (Phi) is 5.29. The molecule has 2 aromatic heterocycles. The zero-order chi connectivity index (χ0) is 18.8. The lowest BCUT2D eigenvalue weighted by atomic mass is 10.2. The molecule has 1 aliphatic rings. The summed E-state index contributed by atoms with van der Waals surface area (Å²) in [5, 5.41) is 7.04. The third kappa shape index (κ3) is 4.07. The molecular weight excluding hydrogens is 388 g/mol. The first-order valence-electron chi connectivity index (χ1n) is 8.58. The minimum Gasteiger partial charge on any atom is -0.301 e. The van der Waals surface area contributed by atoms with Crippen molar-refractivity contribution in [2.45, 2.75) is 18.9 Å². The third-order valence-corrected chi connectivity index (χ3v) is 6.28. The summed E-state index contributed by atoms with van der Waals surface area (Å²) in [6.07, 6.45) is 2.14. The van der Waals surface area contributed by atoms with E-state index < -0.39 is 11.6 Å². The highest BCUT2D eigenvalue weighted by atomic mass is 32.1. The van der Waals surface area contributed by atoms with Crippen LogP contribution >= 0.6 is 22.7 Å². The van der Waals surface area contributed by atoms with Crippen molar-refractivity contribution in [2.75, 3.05) is 18.4 Å². The van der Waals surface area contributed by atoms with Crippen molar-refractivity contribution >= 4 is 33.7 Å². The molecule has 0 radical (unpaired) electrons. The van der Waals surface area contributed by atoms with E-state index in [2.05, 4.69) is 26.6 Å². The van der Waals surface area contributed by atoms with E-state index in [-0.39, 0.29) is 5.91 Å². The molecule has 1 aliphatic heterocycles. The van der Waals surface area contributed by atoms with Gasteiger partial charge in [0, 0.05) is 21.9 Å². The summed E-state index contributed by atoms with van der Waals surface area (Å²) in [6, 6.07) is 8.08. The Morgan fingerprint density at radius 2 is 2.15 bits per heavy atom. The first kappa shape index (κ1) is 18.2. The van der Waals surface area contributed by atoms with Crippen LogP contribution in [0.5, 0.6) is 0 Å². The summed E-state index contributed by atoms with van der Waals surface area (Å²) < 4.78 is 26.5. The van der Waals surface area contributed by atoms with Gasteiger partial charge in [0.2, 0.25) is 5.91 Å². The Hall–Kier alpha value is -2.16. The molecule has 0 aliphatic carbocycles. The second-order valence-corrected chi connectivity index (χ2v) is 8.20. The molecule has 27 heavy (non-hydrogen) atoms. The number of anilines is 1. The highest BCUT2D eigenvalue weighted by molar-refractivity contribution is 7.14. The molecule has 0 spiro atoms. The maximum absolute atomic E-state index is 13.4. The molecule has 1 unspecified atom stereocenters. The van der Waals surface area contributed by atoms with Crippen LogP contribution in [0.15, 0.2) is 41.1 Å². The number of carbonyl (C=O) groups excluding carboxylic acids is 1. The Morgan fingerprint density at radius 3 is 2.93 bits per heavy atom. The summed E-state index contributed by atoms with van der Waals surface area (Å²) >= 11 is 2.98. The summed E-state index contributed by atoms with van der Waals surface area (Å²) in [5.74, 6) is -1.93. The number of aromatic nitrogens is 1. The lowest BCUT2D eigenvalue weighted by Crippen LogP contribution is -2.32. The van der Waals surface area contributed by atoms with Crippen molar-refractivity contribution in [3.05, 3.63) is 57.6 Å². The van der Waals surface area contributed by atoms with Crippen LogP contribution < -0.4 is 5.32 Å². The number of thiophene rings is 1. The van der Waals surface area contributed by atoms with Gasteiger partial charge in [-0.15, -0.1) is 22.7 Å². The molecule has 1 N–H and O–H groups in total. The molecule has 0 bridgehead atoms. The van der Waals surface area contributed by atoms with E-state index >= 15 is 0 Å². The van der Waals surface area contributed by atoms with Crippen LogP contribution in [0.2, 0.25) is 0 Å². The average Bonchev–Trinajstić information content (AvgIpc) is 3.38. The highest BCUT2D eigenvalue weighted by Gasteiger charge is 2.28. The topological polar surface area (TPSA) is 45.2 Å². The number of likely N-dealkylation sites (tertiary alicyclic amines) is 1. The van der Waals surface area contributed by atoms with Crippen molar-refractivity contribution in [1.29, 1.82) is 0 Å². The van der Waals surface area contributed by atoms with Crippen molar-refractivity contribution in [3.8, 4) is 11.3 Å². The smallest absolute Gasteiger partial charge is 0.240 e. The van der Waals surface area contributed by atoms with Crippen LogP contribution in [0.4, 0.5) is 13.9 Å². The second-order valence-electron chi connectivity index (χ2n) is 6.36. The largest absolute Gasteiger partial charge is 0.301 e. The normalized spacial score (nSPS) is 17.3. The Morgan fingerprint density at radius 1 is 1.26 bits per heavy atom. The van der Waals surface area contributed by atoms with Gasteiger partial charge in [-0.2, -0.15) is 0 Å². The van der Waals surface area contributed by atoms with Crippen molar-refractivity contribution in [1.82, 2.24) is 9.88 Å². The molecule has 1 saturated heterocycles.